The second-order valence-electron chi connectivity index (χ2n) is 5.37. The van der Waals surface area contributed by atoms with Gasteiger partial charge in [0.1, 0.15) is 11.8 Å². The van der Waals surface area contributed by atoms with E-state index < -0.39 is 0 Å². The molecule has 0 unspecified atom stereocenters. The number of para-hydroxylation sites is 2. The van der Waals surface area contributed by atoms with Crippen LogP contribution in [-0.4, -0.2) is 19.1 Å². The SMILES string of the molecule is COc1ccccc1N[C@H](C)C(=O)Nc1cc(C)ccc1C. The summed E-state index contributed by atoms with van der Waals surface area (Å²) in [6.07, 6.45) is 0. The summed E-state index contributed by atoms with van der Waals surface area (Å²) in [7, 11) is 1.61. The number of nitrogens with one attached hydrogen (secondary N) is 2. The summed E-state index contributed by atoms with van der Waals surface area (Å²) < 4.78 is 5.28. The first-order chi connectivity index (χ1) is 10.5. The molecule has 0 bridgehead atoms. The van der Waals surface area contributed by atoms with Gasteiger partial charge in [-0.1, -0.05) is 24.3 Å². The third-order valence-electron chi connectivity index (χ3n) is 3.52. The minimum absolute atomic E-state index is 0.0837. The van der Waals surface area contributed by atoms with Crippen LogP contribution < -0.4 is 15.4 Å². The Morgan fingerprint density at radius 3 is 2.55 bits per heavy atom. The predicted molar refractivity (Wildman–Crippen MR) is 90.6 cm³/mol. The second-order valence-corrected chi connectivity index (χ2v) is 5.37. The fourth-order valence-corrected chi connectivity index (χ4v) is 2.17. The molecular formula is C18H22N2O2. The van der Waals surface area contributed by atoms with Gasteiger partial charge in [-0.15, -0.1) is 0 Å². The zero-order valence-corrected chi connectivity index (χ0v) is 13.4. The molecule has 22 heavy (non-hydrogen) atoms. The Labute approximate surface area is 131 Å². The van der Waals surface area contributed by atoms with Gasteiger partial charge in [0.2, 0.25) is 5.91 Å². The van der Waals surface area contributed by atoms with Crippen LogP contribution in [0.15, 0.2) is 42.5 Å². The van der Waals surface area contributed by atoms with Crippen molar-refractivity contribution >= 4 is 17.3 Å². The molecule has 0 aliphatic heterocycles. The first-order valence-electron chi connectivity index (χ1n) is 7.29. The third kappa shape index (κ3) is 3.79. The summed E-state index contributed by atoms with van der Waals surface area (Å²) in [6.45, 7) is 5.81. The summed E-state index contributed by atoms with van der Waals surface area (Å²) >= 11 is 0. The van der Waals surface area contributed by atoms with Crippen molar-refractivity contribution in [2.24, 2.45) is 0 Å². The van der Waals surface area contributed by atoms with Crippen molar-refractivity contribution in [2.45, 2.75) is 26.8 Å². The minimum Gasteiger partial charge on any atom is -0.495 e. The standard InChI is InChI=1S/C18H22N2O2/c1-12-9-10-13(2)16(11-12)20-18(21)14(3)19-15-7-5-6-8-17(15)22-4/h5-11,14,19H,1-4H3,(H,20,21)/t14-/m1/s1. The van der Waals surface area contributed by atoms with Crippen LogP contribution in [0.2, 0.25) is 0 Å². The highest BCUT2D eigenvalue weighted by Gasteiger charge is 2.15. The molecule has 2 rings (SSSR count). The Kier molecular flexibility index (Phi) is 5.04. The van der Waals surface area contributed by atoms with Crippen LogP contribution in [-0.2, 0) is 4.79 Å². The molecule has 2 aromatic carbocycles. The molecule has 2 N–H and O–H groups in total. The number of aryl methyl sites for hydroxylation is 2. The number of carbonyl (C=O) groups excluding carboxylic acids is 1. The van der Waals surface area contributed by atoms with Crippen LogP contribution in [0.1, 0.15) is 18.1 Å². The lowest BCUT2D eigenvalue weighted by Crippen LogP contribution is -2.32. The molecule has 116 valence electrons. The van der Waals surface area contributed by atoms with Crippen LogP contribution in [0.3, 0.4) is 0 Å². The predicted octanol–water partition coefficient (Wildman–Crippen LogP) is 3.75. The Morgan fingerprint density at radius 2 is 1.82 bits per heavy atom. The van der Waals surface area contributed by atoms with E-state index in [1.807, 2.05) is 63.2 Å². The number of methoxy groups -OCH3 is 1. The molecule has 4 nitrogen and oxygen atoms in total. The quantitative estimate of drug-likeness (QED) is 0.884. The highest BCUT2D eigenvalue weighted by molar-refractivity contribution is 5.97. The van der Waals surface area contributed by atoms with Crippen molar-refractivity contribution in [1.82, 2.24) is 0 Å². The smallest absolute Gasteiger partial charge is 0.246 e. The van der Waals surface area contributed by atoms with Crippen molar-refractivity contribution in [3.05, 3.63) is 53.6 Å². The molecular weight excluding hydrogens is 276 g/mol. The number of anilines is 2. The van der Waals surface area contributed by atoms with Crippen molar-refractivity contribution in [3.8, 4) is 5.75 Å². The lowest BCUT2D eigenvalue weighted by molar-refractivity contribution is -0.116. The number of rotatable bonds is 5. The van der Waals surface area contributed by atoms with Gasteiger partial charge < -0.3 is 15.4 Å². The van der Waals surface area contributed by atoms with E-state index in [4.69, 9.17) is 4.74 Å². The molecule has 0 saturated carbocycles. The summed E-state index contributed by atoms with van der Waals surface area (Å²) in [6, 6.07) is 13.2. The van der Waals surface area contributed by atoms with Gasteiger partial charge in [-0.2, -0.15) is 0 Å². The van der Waals surface area contributed by atoms with E-state index in [0.717, 1.165) is 22.5 Å². The van der Waals surface area contributed by atoms with E-state index in [-0.39, 0.29) is 11.9 Å². The van der Waals surface area contributed by atoms with Gasteiger partial charge in [-0.3, -0.25) is 4.79 Å². The maximum Gasteiger partial charge on any atom is 0.246 e. The minimum atomic E-state index is -0.379. The lowest BCUT2D eigenvalue weighted by atomic mass is 10.1. The number of carbonyl (C=O) groups is 1. The lowest BCUT2D eigenvalue weighted by Gasteiger charge is -2.18. The number of ether oxygens (including phenoxy) is 1. The van der Waals surface area contributed by atoms with Gasteiger partial charge in [0.15, 0.2) is 0 Å². The largest absolute Gasteiger partial charge is 0.495 e. The van der Waals surface area contributed by atoms with Crippen molar-refractivity contribution in [3.63, 3.8) is 0 Å². The maximum atomic E-state index is 12.4. The van der Waals surface area contributed by atoms with Crippen molar-refractivity contribution < 1.29 is 9.53 Å². The Morgan fingerprint density at radius 1 is 1.09 bits per heavy atom. The molecule has 0 aliphatic carbocycles. The molecule has 0 heterocycles. The van der Waals surface area contributed by atoms with E-state index in [1.54, 1.807) is 7.11 Å². The van der Waals surface area contributed by atoms with E-state index in [0.29, 0.717) is 5.75 Å². The van der Waals surface area contributed by atoms with Gasteiger partial charge in [-0.05, 0) is 50.1 Å². The fourth-order valence-electron chi connectivity index (χ4n) is 2.17. The van der Waals surface area contributed by atoms with Gasteiger partial charge in [0.05, 0.1) is 12.8 Å². The number of amides is 1. The molecule has 0 fully saturated rings. The molecule has 1 amide bonds. The molecule has 0 aliphatic rings. The highest BCUT2D eigenvalue weighted by atomic mass is 16.5. The average molecular weight is 298 g/mol. The Balaban J connectivity index is 2.07. The molecule has 1 atom stereocenters. The molecule has 4 heteroatoms. The van der Waals surface area contributed by atoms with E-state index in [2.05, 4.69) is 10.6 Å². The number of benzene rings is 2. The Bertz CT molecular complexity index is 668. The normalized spacial score (nSPS) is 11.6. The van der Waals surface area contributed by atoms with E-state index in [9.17, 15) is 4.79 Å². The molecule has 0 saturated heterocycles. The van der Waals surface area contributed by atoms with Crippen LogP contribution >= 0.6 is 0 Å². The maximum absolute atomic E-state index is 12.4. The number of hydrogen-bond acceptors (Lipinski definition) is 3. The van der Waals surface area contributed by atoms with E-state index >= 15 is 0 Å². The van der Waals surface area contributed by atoms with Crippen LogP contribution in [0, 0.1) is 13.8 Å². The van der Waals surface area contributed by atoms with Gasteiger partial charge >= 0.3 is 0 Å². The molecule has 0 aromatic heterocycles. The highest BCUT2D eigenvalue weighted by Crippen LogP contribution is 2.24. The first-order valence-corrected chi connectivity index (χ1v) is 7.29. The van der Waals surface area contributed by atoms with Gasteiger partial charge in [0, 0.05) is 5.69 Å². The Hall–Kier alpha value is -2.49. The zero-order chi connectivity index (χ0) is 16.1. The number of hydrogen-bond donors (Lipinski definition) is 2. The van der Waals surface area contributed by atoms with Crippen LogP contribution in [0.4, 0.5) is 11.4 Å². The summed E-state index contributed by atoms with van der Waals surface area (Å²) in [5.41, 5.74) is 3.81. The van der Waals surface area contributed by atoms with Gasteiger partial charge in [-0.25, -0.2) is 0 Å². The first kappa shape index (κ1) is 15.9. The zero-order valence-electron chi connectivity index (χ0n) is 13.4. The topological polar surface area (TPSA) is 50.4 Å². The van der Waals surface area contributed by atoms with Crippen molar-refractivity contribution in [1.29, 1.82) is 0 Å². The second kappa shape index (κ2) is 6.98. The average Bonchev–Trinajstić information content (AvgIpc) is 2.51. The summed E-state index contributed by atoms with van der Waals surface area (Å²) in [5.74, 6) is 0.633. The van der Waals surface area contributed by atoms with Gasteiger partial charge in [0.25, 0.3) is 0 Å². The molecule has 0 spiro atoms. The van der Waals surface area contributed by atoms with E-state index in [1.165, 1.54) is 0 Å². The third-order valence-corrected chi connectivity index (χ3v) is 3.52. The van der Waals surface area contributed by atoms with Crippen LogP contribution in [0.25, 0.3) is 0 Å². The monoisotopic (exact) mass is 298 g/mol. The van der Waals surface area contributed by atoms with Crippen molar-refractivity contribution in [2.75, 3.05) is 17.7 Å². The molecule has 2 aromatic rings. The fraction of sp³-hybridized carbons (Fsp3) is 0.278. The summed E-state index contributed by atoms with van der Waals surface area (Å²) in [4.78, 5) is 12.4. The van der Waals surface area contributed by atoms with Crippen LogP contribution in [0.5, 0.6) is 5.75 Å². The summed E-state index contributed by atoms with van der Waals surface area (Å²) in [5, 5.41) is 6.14. The molecule has 0 radical (unpaired) electrons.